The van der Waals surface area contributed by atoms with Gasteiger partial charge in [0, 0.05) is 18.8 Å². The zero-order chi connectivity index (χ0) is 14.1. The van der Waals surface area contributed by atoms with E-state index >= 15 is 0 Å². The number of fused-ring (bicyclic) bond motifs is 1. The Kier molecular flexibility index (Phi) is 2.90. The molecule has 0 radical (unpaired) electrons. The molecule has 1 unspecified atom stereocenters. The molecule has 3 heterocycles. The Morgan fingerprint density at radius 3 is 3.10 bits per heavy atom. The van der Waals surface area contributed by atoms with Crippen molar-refractivity contribution in [2.75, 3.05) is 0 Å². The van der Waals surface area contributed by atoms with Crippen molar-refractivity contribution in [3.8, 4) is 0 Å². The number of carbonyl (C=O) groups is 3. The summed E-state index contributed by atoms with van der Waals surface area (Å²) >= 11 is 0. The minimum absolute atomic E-state index is 0.212. The average molecular weight is 273 g/mol. The summed E-state index contributed by atoms with van der Waals surface area (Å²) in [6.07, 6.45) is 5.13. The molecule has 2 N–H and O–H groups in total. The Labute approximate surface area is 113 Å². The largest absolute Gasteiger partial charge is 0.340 e. The fraction of sp³-hybridized carbons (Fsp3) is 0.250. The maximum Gasteiger partial charge on any atom is 0.257 e. The van der Waals surface area contributed by atoms with Crippen molar-refractivity contribution in [2.24, 2.45) is 0 Å². The minimum Gasteiger partial charge on any atom is -0.340 e. The lowest BCUT2D eigenvalue weighted by Crippen LogP contribution is -2.52. The van der Waals surface area contributed by atoms with Gasteiger partial charge in [-0.25, -0.2) is 9.50 Å². The van der Waals surface area contributed by atoms with Crippen molar-refractivity contribution in [3.05, 3.63) is 30.2 Å². The van der Waals surface area contributed by atoms with Crippen molar-refractivity contribution in [3.63, 3.8) is 0 Å². The molecule has 3 rings (SSSR count). The molecule has 0 aliphatic carbocycles. The van der Waals surface area contributed by atoms with Crippen LogP contribution in [-0.2, 0) is 9.59 Å². The molecule has 0 spiro atoms. The van der Waals surface area contributed by atoms with Crippen molar-refractivity contribution in [1.82, 2.24) is 25.2 Å². The number of aromatic nitrogens is 3. The van der Waals surface area contributed by atoms with E-state index in [1.807, 2.05) is 0 Å². The van der Waals surface area contributed by atoms with Crippen LogP contribution in [0, 0.1) is 0 Å². The van der Waals surface area contributed by atoms with Crippen LogP contribution in [0.3, 0.4) is 0 Å². The predicted octanol–water partition coefficient (Wildman–Crippen LogP) is -0.736. The maximum absolute atomic E-state index is 12.1. The van der Waals surface area contributed by atoms with E-state index < -0.39 is 17.9 Å². The molecule has 8 heteroatoms. The molecule has 1 saturated heterocycles. The summed E-state index contributed by atoms with van der Waals surface area (Å²) in [5, 5.41) is 8.78. The molecule has 1 aliphatic rings. The number of rotatable bonds is 2. The molecule has 0 aromatic carbocycles. The van der Waals surface area contributed by atoms with E-state index in [1.54, 1.807) is 18.5 Å². The second-order valence-corrected chi connectivity index (χ2v) is 4.42. The van der Waals surface area contributed by atoms with Crippen molar-refractivity contribution >= 4 is 23.4 Å². The standard InChI is InChI=1S/C12H11N5O3/c18-9-3-2-8(12(20)16-9)15-11(19)7-6-14-17-5-1-4-13-10(7)17/h1,4-6,8H,2-3H2,(H,15,19)(H,16,18,20). The first-order valence-electron chi connectivity index (χ1n) is 6.08. The summed E-state index contributed by atoms with van der Waals surface area (Å²) in [6.45, 7) is 0. The van der Waals surface area contributed by atoms with Gasteiger partial charge in [0.1, 0.15) is 11.6 Å². The van der Waals surface area contributed by atoms with E-state index in [-0.39, 0.29) is 17.9 Å². The van der Waals surface area contributed by atoms with Gasteiger partial charge in [-0.05, 0) is 12.5 Å². The van der Waals surface area contributed by atoms with Gasteiger partial charge < -0.3 is 5.32 Å². The van der Waals surface area contributed by atoms with Crippen LogP contribution in [0.5, 0.6) is 0 Å². The Hall–Kier alpha value is -2.77. The van der Waals surface area contributed by atoms with Gasteiger partial charge in [0.2, 0.25) is 11.8 Å². The number of hydrogen-bond acceptors (Lipinski definition) is 5. The third-order valence-electron chi connectivity index (χ3n) is 3.07. The van der Waals surface area contributed by atoms with Crippen LogP contribution < -0.4 is 10.6 Å². The highest BCUT2D eigenvalue weighted by Gasteiger charge is 2.28. The Morgan fingerprint density at radius 1 is 1.45 bits per heavy atom. The fourth-order valence-electron chi connectivity index (χ4n) is 2.05. The first-order valence-corrected chi connectivity index (χ1v) is 6.08. The van der Waals surface area contributed by atoms with Crippen LogP contribution >= 0.6 is 0 Å². The SMILES string of the molecule is O=C1CCC(NC(=O)c2cnn3cccnc23)C(=O)N1. The van der Waals surface area contributed by atoms with Crippen LogP contribution in [0.4, 0.5) is 0 Å². The quantitative estimate of drug-likeness (QED) is 0.701. The topological polar surface area (TPSA) is 105 Å². The van der Waals surface area contributed by atoms with Gasteiger partial charge in [-0.3, -0.25) is 19.7 Å². The first kappa shape index (κ1) is 12.3. The summed E-state index contributed by atoms with van der Waals surface area (Å²) in [4.78, 5) is 38.8. The molecule has 1 aliphatic heterocycles. The number of amides is 3. The molecular formula is C12H11N5O3. The van der Waals surface area contributed by atoms with E-state index in [9.17, 15) is 14.4 Å². The van der Waals surface area contributed by atoms with Crippen LogP contribution in [0.15, 0.2) is 24.7 Å². The van der Waals surface area contributed by atoms with Crippen LogP contribution in [-0.4, -0.2) is 38.4 Å². The molecule has 0 bridgehead atoms. The highest BCUT2D eigenvalue weighted by atomic mass is 16.2. The lowest BCUT2D eigenvalue weighted by Gasteiger charge is -2.21. The summed E-state index contributed by atoms with van der Waals surface area (Å²) in [5.74, 6) is -1.25. The summed E-state index contributed by atoms with van der Waals surface area (Å²) in [7, 11) is 0. The predicted molar refractivity (Wildman–Crippen MR) is 66.6 cm³/mol. The highest BCUT2D eigenvalue weighted by molar-refractivity contribution is 6.05. The number of carbonyl (C=O) groups excluding carboxylic acids is 3. The molecule has 3 amide bonds. The number of nitrogens with zero attached hydrogens (tertiary/aromatic N) is 3. The van der Waals surface area contributed by atoms with E-state index in [0.29, 0.717) is 12.1 Å². The first-order chi connectivity index (χ1) is 9.65. The van der Waals surface area contributed by atoms with Crippen molar-refractivity contribution in [2.45, 2.75) is 18.9 Å². The summed E-state index contributed by atoms with van der Waals surface area (Å²) < 4.78 is 1.47. The zero-order valence-electron chi connectivity index (χ0n) is 10.4. The van der Waals surface area contributed by atoms with Crippen LogP contribution in [0.2, 0.25) is 0 Å². The molecule has 1 atom stereocenters. The summed E-state index contributed by atoms with van der Waals surface area (Å²) in [6, 6.07) is 0.987. The van der Waals surface area contributed by atoms with Gasteiger partial charge in [-0.1, -0.05) is 0 Å². The van der Waals surface area contributed by atoms with Gasteiger partial charge in [0.05, 0.1) is 6.20 Å². The Morgan fingerprint density at radius 2 is 2.30 bits per heavy atom. The third kappa shape index (κ3) is 2.11. The van der Waals surface area contributed by atoms with Gasteiger partial charge in [-0.2, -0.15) is 5.10 Å². The number of imide groups is 1. The van der Waals surface area contributed by atoms with Crippen LogP contribution in [0.1, 0.15) is 23.2 Å². The average Bonchev–Trinajstić information content (AvgIpc) is 2.86. The normalized spacial score (nSPS) is 18.9. The monoisotopic (exact) mass is 273 g/mol. The highest BCUT2D eigenvalue weighted by Crippen LogP contribution is 2.09. The molecule has 20 heavy (non-hydrogen) atoms. The Bertz CT molecular complexity index is 708. The number of nitrogens with one attached hydrogen (secondary N) is 2. The smallest absolute Gasteiger partial charge is 0.257 e. The van der Waals surface area contributed by atoms with E-state index in [2.05, 4.69) is 20.7 Å². The van der Waals surface area contributed by atoms with Gasteiger partial charge >= 0.3 is 0 Å². The number of hydrogen-bond donors (Lipinski definition) is 2. The molecule has 8 nitrogen and oxygen atoms in total. The zero-order valence-corrected chi connectivity index (χ0v) is 10.4. The minimum atomic E-state index is -0.709. The van der Waals surface area contributed by atoms with Gasteiger partial charge in [-0.15, -0.1) is 0 Å². The lowest BCUT2D eigenvalue weighted by atomic mass is 10.1. The fourth-order valence-corrected chi connectivity index (χ4v) is 2.05. The number of piperidine rings is 1. The van der Waals surface area contributed by atoms with Gasteiger partial charge in [0.25, 0.3) is 5.91 Å². The van der Waals surface area contributed by atoms with E-state index in [0.717, 1.165) is 0 Å². The van der Waals surface area contributed by atoms with Crippen LogP contribution in [0.25, 0.3) is 5.65 Å². The van der Waals surface area contributed by atoms with Crippen molar-refractivity contribution < 1.29 is 14.4 Å². The maximum atomic E-state index is 12.1. The van der Waals surface area contributed by atoms with E-state index in [1.165, 1.54) is 10.7 Å². The van der Waals surface area contributed by atoms with Crippen molar-refractivity contribution in [1.29, 1.82) is 0 Å². The lowest BCUT2D eigenvalue weighted by molar-refractivity contribution is -0.134. The summed E-state index contributed by atoms with van der Waals surface area (Å²) in [5.41, 5.74) is 0.701. The molecule has 2 aromatic heterocycles. The second kappa shape index (κ2) is 4.72. The third-order valence-corrected chi connectivity index (χ3v) is 3.07. The molecular weight excluding hydrogens is 262 g/mol. The Balaban J connectivity index is 1.80. The molecule has 0 saturated carbocycles. The molecule has 102 valence electrons. The van der Waals surface area contributed by atoms with Gasteiger partial charge in [0.15, 0.2) is 5.65 Å². The van der Waals surface area contributed by atoms with E-state index in [4.69, 9.17) is 0 Å². The molecule has 1 fully saturated rings. The second-order valence-electron chi connectivity index (χ2n) is 4.42. The molecule has 2 aromatic rings.